The molecule has 0 aliphatic carbocycles. The van der Waals surface area contributed by atoms with Gasteiger partial charge in [-0.05, 0) is 50.4 Å². The fourth-order valence-corrected chi connectivity index (χ4v) is 3.08. The highest BCUT2D eigenvalue weighted by atomic mass is 16.6. The summed E-state index contributed by atoms with van der Waals surface area (Å²) in [6.45, 7) is 4.41. The molecule has 0 aromatic heterocycles. The Morgan fingerprint density at radius 1 is 1.29 bits per heavy atom. The van der Waals surface area contributed by atoms with Crippen molar-refractivity contribution in [3.05, 3.63) is 23.8 Å². The molecule has 1 aromatic carbocycles. The van der Waals surface area contributed by atoms with Gasteiger partial charge in [-0.2, -0.15) is 0 Å². The van der Waals surface area contributed by atoms with E-state index in [1.165, 1.54) is 0 Å². The van der Waals surface area contributed by atoms with Gasteiger partial charge in [-0.15, -0.1) is 0 Å². The summed E-state index contributed by atoms with van der Waals surface area (Å²) in [5.41, 5.74) is 0.291. The Balaban J connectivity index is 1.80. The van der Waals surface area contributed by atoms with Crippen LogP contribution in [0, 0.1) is 0 Å². The maximum absolute atomic E-state index is 11.6. The molecule has 0 saturated carbocycles. The highest BCUT2D eigenvalue weighted by molar-refractivity contribution is 5.78. The van der Waals surface area contributed by atoms with Gasteiger partial charge in [0.15, 0.2) is 11.5 Å². The lowest BCUT2D eigenvalue weighted by atomic mass is 9.88. The first-order valence-corrected chi connectivity index (χ1v) is 7.46. The Labute approximate surface area is 124 Å². The van der Waals surface area contributed by atoms with Crippen molar-refractivity contribution in [1.29, 1.82) is 0 Å². The van der Waals surface area contributed by atoms with E-state index in [0.717, 1.165) is 36.4 Å². The summed E-state index contributed by atoms with van der Waals surface area (Å²) in [6.07, 6.45) is 2.72. The quantitative estimate of drug-likeness (QED) is 0.926. The molecule has 1 fully saturated rings. The molecular formula is C16H21NO4. The molecule has 0 amide bonds. The Morgan fingerprint density at radius 2 is 2.05 bits per heavy atom. The molecular weight excluding hydrogens is 270 g/mol. The average Bonchev–Trinajstić information content (AvgIpc) is 2.49. The zero-order valence-corrected chi connectivity index (χ0v) is 12.3. The number of likely N-dealkylation sites (tertiary alicyclic amines) is 1. The summed E-state index contributed by atoms with van der Waals surface area (Å²) in [5.74, 6) is 0.789. The van der Waals surface area contributed by atoms with E-state index >= 15 is 0 Å². The predicted molar refractivity (Wildman–Crippen MR) is 77.7 cm³/mol. The van der Waals surface area contributed by atoms with Gasteiger partial charge >= 0.3 is 5.97 Å². The minimum atomic E-state index is -0.772. The van der Waals surface area contributed by atoms with Crippen molar-refractivity contribution in [2.24, 2.45) is 0 Å². The first kappa shape index (κ1) is 14.2. The van der Waals surface area contributed by atoms with Gasteiger partial charge in [-0.25, -0.2) is 0 Å². The van der Waals surface area contributed by atoms with E-state index < -0.39 is 11.5 Å². The molecule has 5 heteroatoms. The number of nitrogens with zero attached hydrogens (tertiary/aromatic N) is 1. The number of ether oxygens (including phenoxy) is 2. The van der Waals surface area contributed by atoms with Crippen molar-refractivity contribution in [2.75, 3.05) is 19.8 Å². The van der Waals surface area contributed by atoms with E-state index in [-0.39, 0.29) is 0 Å². The van der Waals surface area contributed by atoms with Crippen molar-refractivity contribution in [3.8, 4) is 11.5 Å². The maximum atomic E-state index is 11.6. The van der Waals surface area contributed by atoms with E-state index in [2.05, 4.69) is 4.90 Å². The van der Waals surface area contributed by atoms with Crippen molar-refractivity contribution in [1.82, 2.24) is 4.90 Å². The van der Waals surface area contributed by atoms with Crippen LogP contribution in [0.5, 0.6) is 11.5 Å². The largest absolute Gasteiger partial charge is 0.486 e. The molecule has 1 saturated heterocycles. The Morgan fingerprint density at radius 3 is 2.81 bits per heavy atom. The molecule has 0 bridgehead atoms. The van der Waals surface area contributed by atoms with Gasteiger partial charge in [0.2, 0.25) is 0 Å². The van der Waals surface area contributed by atoms with Crippen LogP contribution >= 0.6 is 0 Å². The molecule has 0 radical (unpaired) electrons. The van der Waals surface area contributed by atoms with Crippen LogP contribution < -0.4 is 9.47 Å². The topological polar surface area (TPSA) is 59.0 Å². The van der Waals surface area contributed by atoms with Crippen molar-refractivity contribution in [3.63, 3.8) is 0 Å². The average molecular weight is 291 g/mol. The third-order valence-corrected chi connectivity index (χ3v) is 4.48. The first-order chi connectivity index (χ1) is 10.1. The van der Waals surface area contributed by atoms with Crippen LogP contribution in [-0.2, 0) is 11.3 Å². The van der Waals surface area contributed by atoms with Crippen LogP contribution in [0.3, 0.4) is 0 Å². The standard InChI is InChI=1S/C16H21NO4/c1-16(15(18)19)6-2-3-7-17(16)11-12-4-5-13-14(10-12)21-9-8-20-13/h4-5,10H,2-3,6-9,11H2,1H3,(H,18,19). The Hall–Kier alpha value is -1.75. The molecule has 21 heavy (non-hydrogen) atoms. The van der Waals surface area contributed by atoms with Gasteiger partial charge < -0.3 is 14.6 Å². The van der Waals surface area contributed by atoms with Crippen LogP contribution in [0.25, 0.3) is 0 Å². The molecule has 114 valence electrons. The number of carboxylic acid groups (broad SMARTS) is 1. The second-order valence-electron chi connectivity index (χ2n) is 5.94. The van der Waals surface area contributed by atoms with Crippen molar-refractivity contribution >= 4 is 5.97 Å². The molecule has 1 unspecified atom stereocenters. The summed E-state index contributed by atoms with van der Waals surface area (Å²) >= 11 is 0. The number of fused-ring (bicyclic) bond motifs is 1. The second-order valence-corrected chi connectivity index (χ2v) is 5.94. The summed E-state index contributed by atoms with van der Waals surface area (Å²) in [7, 11) is 0. The Kier molecular flexibility index (Phi) is 3.76. The minimum absolute atomic E-state index is 0.563. The molecule has 2 heterocycles. The number of carbonyl (C=O) groups is 1. The lowest BCUT2D eigenvalue weighted by Gasteiger charge is -2.41. The molecule has 1 aromatic rings. The third-order valence-electron chi connectivity index (χ3n) is 4.48. The van der Waals surface area contributed by atoms with Crippen LogP contribution in [-0.4, -0.2) is 41.3 Å². The van der Waals surface area contributed by atoms with Crippen LogP contribution in [0.4, 0.5) is 0 Å². The third kappa shape index (κ3) is 2.70. The maximum Gasteiger partial charge on any atom is 0.323 e. The van der Waals surface area contributed by atoms with Gasteiger partial charge in [0.1, 0.15) is 18.8 Å². The van der Waals surface area contributed by atoms with E-state index in [9.17, 15) is 9.90 Å². The summed E-state index contributed by atoms with van der Waals surface area (Å²) in [6, 6.07) is 5.86. The number of benzene rings is 1. The summed E-state index contributed by atoms with van der Waals surface area (Å²) < 4.78 is 11.1. The van der Waals surface area contributed by atoms with Crippen LogP contribution in [0.15, 0.2) is 18.2 Å². The monoisotopic (exact) mass is 291 g/mol. The van der Waals surface area contributed by atoms with Gasteiger partial charge in [-0.3, -0.25) is 9.69 Å². The normalized spacial score (nSPS) is 25.6. The number of aliphatic carboxylic acids is 1. The highest BCUT2D eigenvalue weighted by Gasteiger charge is 2.41. The summed E-state index contributed by atoms with van der Waals surface area (Å²) in [4.78, 5) is 13.7. The fraction of sp³-hybridized carbons (Fsp3) is 0.562. The zero-order valence-electron chi connectivity index (χ0n) is 12.3. The van der Waals surface area contributed by atoms with Crippen LogP contribution in [0.2, 0.25) is 0 Å². The molecule has 1 atom stereocenters. The first-order valence-electron chi connectivity index (χ1n) is 7.46. The van der Waals surface area contributed by atoms with Gasteiger partial charge in [0.05, 0.1) is 0 Å². The highest BCUT2D eigenvalue weighted by Crippen LogP contribution is 2.34. The molecule has 2 aliphatic rings. The lowest BCUT2D eigenvalue weighted by molar-refractivity contribution is -0.153. The predicted octanol–water partition coefficient (Wildman–Crippen LogP) is 2.29. The minimum Gasteiger partial charge on any atom is -0.486 e. The van der Waals surface area contributed by atoms with E-state index in [1.54, 1.807) is 0 Å². The molecule has 0 spiro atoms. The molecule has 3 rings (SSSR count). The summed E-state index contributed by atoms with van der Waals surface area (Å²) in [5, 5.41) is 9.55. The Bertz CT molecular complexity index is 545. The number of carboxylic acids is 1. The fourth-order valence-electron chi connectivity index (χ4n) is 3.08. The van der Waals surface area contributed by atoms with Gasteiger partial charge in [-0.1, -0.05) is 6.07 Å². The van der Waals surface area contributed by atoms with Crippen LogP contribution in [0.1, 0.15) is 31.7 Å². The van der Waals surface area contributed by atoms with E-state index in [0.29, 0.717) is 26.2 Å². The second kappa shape index (κ2) is 5.56. The van der Waals surface area contributed by atoms with Gasteiger partial charge in [0.25, 0.3) is 0 Å². The van der Waals surface area contributed by atoms with E-state index in [4.69, 9.17) is 9.47 Å². The van der Waals surface area contributed by atoms with Gasteiger partial charge in [0, 0.05) is 6.54 Å². The number of hydrogen-bond donors (Lipinski definition) is 1. The van der Waals surface area contributed by atoms with Crippen molar-refractivity contribution < 1.29 is 19.4 Å². The lowest BCUT2D eigenvalue weighted by Crippen LogP contribution is -2.54. The smallest absolute Gasteiger partial charge is 0.323 e. The zero-order chi connectivity index (χ0) is 14.9. The molecule has 1 N–H and O–H groups in total. The SMILES string of the molecule is CC1(C(=O)O)CCCCN1Cc1ccc2c(c1)OCCO2. The van der Waals surface area contributed by atoms with E-state index in [1.807, 2.05) is 25.1 Å². The number of rotatable bonds is 3. The number of piperidine rings is 1. The molecule has 5 nitrogen and oxygen atoms in total. The molecule has 2 aliphatic heterocycles. The van der Waals surface area contributed by atoms with Crippen molar-refractivity contribution in [2.45, 2.75) is 38.3 Å². The number of hydrogen-bond acceptors (Lipinski definition) is 4.